The van der Waals surface area contributed by atoms with Crippen molar-refractivity contribution in [1.29, 1.82) is 0 Å². The van der Waals surface area contributed by atoms with E-state index in [1.54, 1.807) is 0 Å². The van der Waals surface area contributed by atoms with Gasteiger partial charge in [0, 0.05) is 25.3 Å². The van der Waals surface area contributed by atoms with Crippen molar-refractivity contribution >= 4 is 0 Å². The van der Waals surface area contributed by atoms with Crippen molar-refractivity contribution < 1.29 is 0 Å². The third-order valence-corrected chi connectivity index (χ3v) is 3.41. The Kier molecular flexibility index (Phi) is 3.91. The lowest BCUT2D eigenvalue weighted by Crippen LogP contribution is -2.36. The van der Waals surface area contributed by atoms with Gasteiger partial charge in [-0.15, -0.1) is 0 Å². The summed E-state index contributed by atoms with van der Waals surface area (Å²) >= 11 is 0. The van der Waals surface area contributed by atoms with Crippen LogP contribution in [0.3, 0.4) is 0 Å². The zero-order valence-electron chi connectivity index (χ0n) is 10.2. The van der Waals surface area contributed by atoms with Crippen LogP contribution in [0.15, 0.2) is 18.3 Å². The van der Waals surface area contributed by atoms with Gasteiger partial charge < -0.3 is 5.32 Å². The van der Waals surface area contributed by atoms with Crippen LogP contribution in [0.4, 0.5) is 0 Å². The molecule has 3 nitrogen and oxygen atoms in total. The van der Waals surface area contributed by atoms with E-state index in [1.807, 2.05) is 19.3 Å². The molecule has 1 aromatic heterocycles. The second-order valence-corrected chi connectivity index (χ2v) is 4.59. The Morgan fingerprint density at radius 2 is 2.44 bits per heavy atom. The van der Waals surface area contributed by atoms with Gasteiger partial charge in [0.1, 0.15) is 0 Å². The van der Waals surface area contributed by atoms with Gasteiger partial charge in [-0.25, -0.2) is 0 Å². The van der Waals surface area contributed by atoms with Gasteiger partial charge in [-0.05, 0) is 45.0 Å². The van der Waals surface area contributed by atoms with E-state index in [-0.39, 0.29) is 0 Å². The molecule has 1 aromatic rings. The summed E-state index contributed by atoms with van der Waals surface area (Å²) in [7, 11) is 2.03. The molecule has 0 bridgehead atoms. The summed E-state index contributed by atoms with van der Waals surface area (Å²) in [5, 5.41) is 3.28. The van der Waals surface area contributed by atoms with Crippen LogP contribution in [-0.4, -0.2) is 36.1 Å². The zero-order chi connectivity index (χ0) is 11.4. The number of aromatic nitrogens is 1. The van der Waals surface area contributed by atoms with Crippen LogP contribution >= 0.6 is 0 Å². The molecule has 88 valence electrons. The Bertz CT molecular complexity index is 338. The molecule has 1 fully saturated rings. The highest BCUT2D eigenvalue weighted by Gasteiger charge is 2.24. The molecule has 2 rings (SSSR count). The molecule has 1 aliphatic heterocycles. The standard InChI is InChI=1S/C13H21N3/c1-11-5-3-7-15-13(11)10-16-8-4-6-12(16)9-14-2/h3,5,7,12,14H,4,6,8-10H2,1-2H3. The highest BCUT2D eigenvalue weighted by molar-refractivity contribution is 5.17. The van der Waals surface area contributed by atoms with E-state index < -0.39 is 0 Å². The van der Waals surface area contributed by atoms with E-state index >= 15 is 0 Å². The van der Waals surface area contributed by atoms with Crippen LogP contribution in [0.2, 0.25) is 0 Å². The monoisotopic (exact) mass is 219 g/mol. The summed E-state index contributed by atoms with van der Waals surface area (Å²) in [5.74, 6) is 0. The van der Waals surface area contributed by atoms with Crippen molar-refractivity contribution in [2.75, 3.05) is 20.1 Å². The van der Waals surface area contributed by atoms with Gasteiger partial charge in [0.25, 0.3) is 0 Å². The topological polar surface area (TPSA) is 28.2 Å². The molecule has 0 radical (unpaired) electrons. The van der Waals surface area contributed by atoms with E-state index in [0.29, 0.717) is 6.04 Å². The van der Waals surface area contributed by atoms with Gasteiger partial charge in [-0.1, -0.05) is 6.07 Å². The number of nitrogens with zero attached hydrogens (tertiary/aromatic N) is 2. The summed E-state index contributed by atoms with van der Waals surface area (Å²) < 4.78 is 0. The Morgan fingerprint density at radius 1 is 1.56 bits per heavy atom. The first-order valence-electron chi connectivity index (χ1n) is 6.10. The molecule has 1 N–H and O–H groups in total. The Hall–Kier alpha value is -0.930. The lowest BCUT2D eigenvalue weighted by atomic mass is 10.2. The van der Waals surface area contributed by atoms with Crippen molar-refractivity contribution in [3.05, 3.63) is 29.6 Å². The number of likely N-dealkylation sites (tertiary alicyclic amines) is 1. The van der Waals surface area contributed by atoms with Crippen LogP contribution < -0.4 is 5.32 Å². The fraction of sp³-hybridized carbons (Fsp3) is 0.615. The Morgan fingerprint density at radius 3 is 3.19 bits per heavy atom. The molecule has 2 heterocycles. The summed E-state index contributed by atoms with van der Waals surface area (Å²) in [5.41, 5.74) is 2.53. The molecule has 0 saturated carbocycles. The predicted molar refractivity (Wildman–Crippen MR) is 66.3 cm³/mol. The van der Waals surface area contributed by atoms with Crippen molar-refractivity contribution in [3.63, 3.8) is 0 Å². The summed E-state index contributed by atoms with van der Waals surface area (Å²) in [6, 6.07) is 4.84. The molecular weight excluding hydrogens is 198 g/mol. The Labute approximate surface area is 97.9 Å². The SMILES string of the molecule is CNCC1CCCN1Cc1ncccc1C. The minimum atomic E-state index is 0.686. The summed E-state index contributed by atoms with van der Waals surface area (Å²) in [6.07, 6.45) is 4.52. The third-order valence-electron chi connectivity index (χ3n) is 3.41. The average Bonchev–Trinajstić information content (AvgIpc) is 2.70. The lowest BCUT2D eigenvalue weighted by molar-refractivity contribution is 0.239. The predicted octanol–water partition coefficient (Wildman–Crippen LogP) is 1.57. The van der Waals surface area contributed by atoms with E-state index in [9.17, 15) is 0 Å². The molecule has 1 atom stereocenters. The molecule has 0 aromatic carbocycles. The number of likely N-dealkylation sites (N-methyl/N-ethyl adjacent to an activating group) is 1. The molecular formula is C13H21N3. The number of hydrogen-bond donors (Lipinski definition) is 1. The van der Waals surface area contributed by atoms with Crippen LogP contribution in [0, 0.1) is 6.92 Å². The van der Waals surface area contributed by atoms with E-state index in [0.717, 1.165) is 13.1 Å². The first-order chi connectivity index (χ1) is 7.81. The smallest absolute Gasteiger partial charge is 0.0573 e. The van der Waals surface area contributed by atoms with E-state index in [4.69, 9.17) is 0 Å². The average molecular weight is 219 g/mol. The van der Waals surface area contributed by atoms with E-state index in [2.05, 4.69) is 28.2 Å². The second kappa shape index (κ2) is 5.41. The number of rotatable bonds is 4. The van der Waals surface area contributed by atoms with E-state index in [1.165, 1.54) is 30.6 Å². The van der Waals surface area contributed by atoms with Crippen molar-refractivity contribution in [3.8, 4) is 0 Å². The Balaban J connectivity index is 2.01. The molecule has 3 heteroatoms. The number of aryl methyl sites for hydroxylation is 1. The fourth-order valence-electron chi connectivity index (χ4n) is 2.45. The maximum Gasteiger partial charge on any atom is 0.0573 e. The lowest BCUT2D eigenvalue weighted by Gasteiger charge is -2.24. The molecule has 0 spiro atoms. The van der Waals surface area contributed by atoms with Crippen molar-refractivity contribution in [2.45, 2.75) is 32.4 Å². The van der Waals surface area contributed by atoms with Crippen LogP contribution in [0.5, 0.6) is 0 Å². The van der Waals surface area contributed by atoms with Gasteiger partial charge in [0.15, 0.2) is 0 Å². The van der Waals surface area contributed by atoms with Crippen molar-refractivity contribution in [2.24, 2.45) is 0 Å². The number of nitrogens with one attached hydrogen (secondary N) is 1. The van der Waals surface area contributed by atoms with Crippen molar-refractivity contribution in [1.82, 2.24) is 15.2 Å². The minimum Gasteiger partial charge on any atom is -0.318 e. The first-order valence-corrected chi connectivity index (χ1v) is 6.10. The van der Waals surface area contributed by atoms with Gasteiger partial charge >= 0.3 is 0 Å². The number of hydrogen-bond acceptors (Lipinski definition) is 3. The van der Waals surface area contributed by atoms with Crippen LogP contribution in [0.25, 0.3) is 0 Å². The maximum atomic E-state index is 4.47. The molecule has 1 saturated heterocycles. The normalized spacial score (nSPS) is 21.5. The maximum absolute atomic E-state index is 4.47. The highest BCUT2D eigenvalue weighted by Crippen LogP contribution is 2.19. The summed E-state index contributed by atoms with van der Waals surface area (Å²) in [6.45, 7) is 5.44. The number of pyridine rings is 1. The highest BCUT2D eigenvalue weighted by atomic mass is 15.2. The van der Waals surface area contributed by atoms with Gasteiger partial charge in [-0.3, -0.25) is 9.88 Å². The van der Waals surface area contributed by atoms with Crippen LogP contribution in [0.1, 0.15) is 24.1 Å². The van der Waals surface area contributed by atoms with Gasteiger partial charge in [-0.2, -0.15) is 0 Å². The minimum absolute atomic E-state index is 0.686. The van der Waals surface area contributed by atoms with Crippen LogP contribution in [-0.2, 0) is 6.54 Å². The molecule has 0 amide bonds. The fourth-order valence-corrected chi connectivity index (χ4v) is 2.45. The van der Waals surface area contributed by atoms with Gasteiger partial charge in [0.05, 0.1) is 5.69 Å². The zero-order valence-corrected chi connectivity index (χ0v) is 10.2. The molecule has 1 aliphatic rings. The van der Waals surface area contributed by atoms with Gasteiger partial charge in [0.2, 0.25) is 0 Å². The summed E-state index contributed by atoms with van der Waals surface area (Å²) in [4.78, 5) is 7.02. The molecule has 1 unspecified atom stereocenters. The first kappa shape index (κ1) is 11.6. The second-order valence-electron chi connectivity index (χ2n) is 4.59. The third kappa shape index (κ3) is 2.60. The molecule has 16 heavy (non-hydrogen) atoms. The largest absolute Gasteiger partial charge is 0.318 e. The quantitative estimate of drug-likeness (QED) is 0.833. The molecule has 0 aliphatic carbocycles.